The Labute approximate surface area is 139 Å². The highest BCUT2D eigenvalue weighted by atomic mass is 28.3. The molecule has 11 heteroatoms. The number of alkyl halides is 3. The van der Waals surface area contributed by atoms with Gasteiger partial charge in [-0.05, 0) is 19.0 Å². The molecule has 0 saturated carbocycles. The zero-order valence-electron chi connectivity index (χ0n) is 14.0. The van der Waals surface area contributed by atoms with Crippen LogP contribution in [0.25, 0.3) is 0 Å². The van der Waals surface area contributed by atoms with Crippen LogP contribution in [-0.2, 0) is 14.3 Å². The van der Waals surface area contributed by atoms with Gasteiger partial charge in [-0.2, -0.15) is 13.2 Å². The first kappa shape index (κ1) is 24.6. The predicted molar refractivity (Wildman–Crippen MR) is 84.5 cm³/mol. The lowest BCUT2D eigenvalue weighted by Crippen LogP contribution is -2.31. The van der Waals surface area contributed by atoms with Gasteiger partial charge in [-0.1, -0.05) is 19.6 Å². The first-order valence-corrected chi connectivity index (χ1v) is 10.9. The van der Waals surface area contributed by atoms with Crippen LogP contribution in [0.1, 0.15) is 12.8 Å². The Morgan fingerprint density at radius 2 is 1.71 bits per heavy atom. The van der Waals surface area contributed by atoms with Crippen LogP contribution in [0.5, 0.6) is 0 Å². The monoisotopic (exact) mass is 374 g/mol. The molecule has 0 saturated heterocycles. The fourth-order valence-electron chi connectivity index (χ4n) is 1.06. The highest BCUT2D eigenvalue weighted by Gasteiger charge is 2.38. The van der Waals surface area contributed by atoms with Gasteiger partial charge in [-0.25, -0.2) is 9.59 Å². The third-order valence-corrected chi connectivity index (χ3v) is 4.12. The van der Waals surface area contributed by atoms with Crippen molar-refractivity contribution in [3.05, 3.63) is 0 Å². The molecule has 0 aromatic heterocycles. The number of nitrogens with two attached hydrogens (primary N) is 1. The number of alkyl carbamates (subject to hydrolysis) is 1. The second-order valence-corrected chi connectivity index (χ2v) is 11.7. The number of hydrogen-bond acceptors (Lipinski definition) is 5. The van der Waals surface area contributed by atoms with Crippen molar-refractivity contribution in [2.24, 2.45) is 5.73 Å². The lowest BCUT2D eigenvalue weighted by Gasteiger charge is -2.15. The Morgan fingerprint density at radius 1 is 1.21 bits per heavy atom. The summed E-state index contributed by atoms with van der Waals surface area (Å²) in [7, 11) is -1.17. The standard InChI is InChI=1S/C11H24N2O3Si.C2HF3O2/c1-17(2,3)8-7-16-11(15)13-9-10(14)5-4-6-12;3-2(4,5)1(6)7/h4-9,12H2,1-3H3,(H,13,15);(H,6,7). The minimum absolute atomic E-state index is 0.0161. The van der Waals surface area contributed by atoms with E-state index in [0.717, 1.165) is 6.04 Å². The van der Waals surface area contributed by atoms with Gasteiger partial charge in [0.05, 0.1) is 13.2 Å². The summed E-state index contributed by atoms with van der Waals surface area (Å²) in [5.74, 6) is -2.77. The van der Waals surface area contributed by atoms with E-state index in [-0.39, 0.29) is 12.3 Å². The number of ether oxygens (including phenoxy) is 1. The van der Waals surface area contributed by atoms with Gasteiger partial charge in [0.15, 0.2) is 5.78 Å². The lowest BCUT2D eigenvalue weighted by atomic mass is 10.2. The molecule has 0 bridgehead atoms. The zero-order chi connectivity index (χ0) is 19.4. The number of carbonyl (C=O) groups excluding carboxylic acids is 2. The average Bonchev–Trinajstić information content (AvgIpc) is 2.41. The third kappa shape index (κ3) is 18.4. The molecule has 0 aliphatic heterocycles. The molecule has 0 aliphatic carbocycles. The molecule has 0 radical (unpaired) electrons. The van der Waals surface area contributed by atoms with Crippen molar-refractivity contribution in [1.82, 2.24) is 5.32 Å². The van der Waals surface area contributed by atoms with Crippen LogP contribution in [0, 0.1) is 0 Å². The fraction of sp³-hybridized carbons (Fsp3) is 0.769. The smallest absolute Gasteiger partial charge is 0.475 e. The summed E-state index contributed by atoms with van der Waals surface area (Å²) in [6.45, 7) is 7.59. The number of nitrogens with one attached hydrogen (secondary N) is 1. The van der Waals surface area contributed by atoms with Crippen LogP contribution in [0.15, 0.2) is 0 Å². The summed E-state index contributed by atoms with van der Waals surface area (Å²) in [6.07, 6.45) is -4.53. The van der Waals surface area contributed by atoms with E-state index in [0.29, 0.717) is 26.0 Å². The summed E-state index contributed by atoms with van der Waals surface area (Å²) >= 11 is 0. The van der Waals surface area contributed by atoms with Crippen LogP contribution in [-0.4, -0.2) is 56.9 Å². The number of Topliss-reactive ketones (excluding diaryl/α,β-unsaturated/α-hetero) is 1. The van der Waals surface area contributed by atoms with Crippen LogP contribution in [0.3, 0.4) is 0 Å². The molecular weight excluding hydrogens is 349 g/mol. The molecule has 0 rings (SSSR count). The van der Waals surface area contributed by atoms with Crippen LogP contribution in [0.2, 0.25) is 25.7 Å². The molecule has 0 aromatic carbocycles. The van der Waals surface area contributed by atoms with Gasteiger partial charge in [0.25, 0.3) is 0 Å². The first-order chi connectivity index (χ1) is 10.8. The van der Waals surface area contributed by atoms with E-state index in [4.69, 9.17) is 20.4 Å². The quantitative estimate of drug-likeness (QED) is 0.559. The van der Waals surface area contributed by atoms with E-state index in [1.807, 2.05) is 0 Å². The molecule has 0 aliphatic rings. The topological polar surface area (TPSA) is 119 Å². The molecule has 0 spiro atoms. The van der Waals surface area contributed by atoms with Gasteiger partial charge in [0.2, 0.25) is 0 Å². The third-order valence-electron chi connectivity index (χ3n) is 2.42. The van der Waals surface area contributed by atoms with Gasteiger partial charge < -0.3 is 20.9 Å². The number of halogens is 3. The molecule has 4 N–H and O–H groups in total. The number of rotatable bonds is 8. The largest absolute Gasteiger partial charge is 0.490 e. The minimum atomic E-state index is -5.08. The fourth-order valence-corrected chi connectivity index (χ4v) is 1.77. The summed E-state index contributed by atoms with van der Waals surface area (Å²) < 4.78 is 36.7. The summed E-state index contributed by atoms with van der Waals surface area (Å²) in [5.41, 5.74) is 5.28. The van der Waals surface area contributed by atoms with Gasteiger partial charge >= 0.3 is 18.2 Å². The molecule has 7 nitrogen and oxygen atoms in total. The normalized spacial score (nSPS) is 11.1. The van der Waals surface area contributed by atoms with E-state index >= 15 is 0 Å². The minimum Gasteiger partial charge on any atom is -0.475 e. The Hall–Kier alpha value is -1.62. The van der Waals surface area contributed by atoms with Crippen LogP contribution in [0.4, 0.5) is 18.0 Å². The number of carboxylic acids is 1. The maximum Gasteiger partial charge on any atom is 0.490 e. The van der Waals surface area contributed by atoms with E-state index < -0.39 is 26.3 Å². The van der Waals surface area contributed by atoms with Crippen LogP contribution >= 0.6 is 0 Å². The maximum atomic E-state index is 11.2. The van der Waals surface area contributed by atoms with Gasteiger partial charge in [-0.3, -0.25) is 4.79 Å². The summed E-state index contributed by atoms with van der Waals surface area (Å²) in [6, 6.07) is 0.932. The second-order valence-electron chi connectivity index (χ2n) is 6.03. The number of carbonyl (C=O) groups is 3. The number of ketones is 1. The Morgan fingerprint density at radius 3 is 2.08 bits per heavy atom. The van der Waals surface area contributed by atoms with Crippen molar-refractivity contribution in [3.8, 4) is 0 Å². The van der Waals surface area contributed by atoms with E-state index in [9.17, 15) is 22.8 Å². The molecular formula is C13H25F3N2O5Si. The Bertz CT molecular complexity index is 411. The highest BCUT2D eigenvalue weighted by Crippen LogP contribution is 2.13. The molecule has 0 unspecified atom stereocenters. The van der Waals surface area contributed by atoms with Gasteiger partial charge in [0.1, 0.15) is 0 Å². The van der Waals surface area contributed by atoms with Gasteiger partial charge in [0, 0.05) is 14.5 Å². The second kappa shape index (κ2) is 11.8. The van der Waals surface area contributed by atoms with Crippen molar-refractivity contribution >= 4 is 25.9 Å². The predicted octanol–water partition coefficient (Wildman–Crippen LogP) is 1.99. The molecule has 142 valence electrons. The lowest BCUT2D eigenvalue weighted by molar-refractivity contribution is -0.192. The SMILES string of the molecule is C[Si](C)(C)CCOC(=O)NCC(=O)CCCN.O=C(O)C(F)(F)F. The molecule has 0 heterocycles. The van der Waals surface area contributed by atoms with Crippen molar-refractivity contribution in [2.45, 2.75) is 44.7 Å². The number of amides is 1. The molecule has 0 aromatic rings. The van der Waals surface area contributed by atoms with Gasteiger partial charge in [-0.15, -0.1) is 0 Å². The first-order valence-electron chi connectivity index (χ1n) is 7.22. The zero-order valence-corrected chi connectivity index (χ0v) is 15.0. The van der Waals surface area contributed by atoms with Crippen molar-refractivity contribution in [2.75, 3.05) is 19.7 Å². The molecule has 1 amide bonds. The van der Waals surface area contributed by atoms with E-state index in [1.165, 1.54) is 0 Å². The number of hydrogen-bond donors (Lipinski definition) is 3. The molecule has 24 heavy (non-hydrogen) atoms. The summed E-state index contributed by atoms with van der Waals surface area (Å²) in [5, 5.41) is 9.57. The summed E-state index contributed by atoms with van der Waals surface area (Å²) in [4.78, 5) is 31.3. The van der Waals surface area contributed by atoms with Crippen LogP contribution < -0.4 is 11.1 Å². The van der Waals surface area contributed by atoms with Crippen molar-refractivity contribution in [3.63, 3.8) is 0 Å². The Kier molecular flexibility index (Phi) is 12.2. The van der Waals surface area contributed by atoms with Crippen molar-refractivity contribution in [1.29, 1.82) is 0 Å². The maximum absolute atomic E-state index is 11.2. The van der Waals surface area contributed by atoms with Crippen molar-refractivity contribution < 1.29 is 37.4 Å². The van der Waals surface area contributed by atoms with E-state index in [2.05, 4.69) is 25.0 Å². The van der Waals surface area contributed by atoms with E-state index in [1.54, 1.807) is 0 Å². The number of aliphatic carboxylic acids is 1. The molecule has 0 atom stereocenters. The highest BCUT2D eigenvalue weighted by molar-refractivity contribution is 6.76. The average molecular weight is 374 g/mol. The molecule has 0 fully saturated rings. The number of carboxylic acid groups (broad SMARTS) is 1. The Balaban J connectivity index is 0.